The SMILES string of the molecule is O=C(Nc1ccc(Oc2ccccc2)cc1C(=O)NCCc1ccccc1Cl)c1ccc(O)c(Cl)c1. The summed E-state index contributed by atoms with van der Waals surface area (Å²) in [6.07, 6.45) is 0.541. The fraction of sp³-hybridized carbons (Fsp3) is 0.0714. The first kappa shape index (κ1) is 25.1. The van der Waals surface area contributed by atoms with E-state index in [9.17, 15) is 14.7 Å². The monoisotopic (exact) mass is 520 g/mol. The quantitative estimate of drug-likeness (QED) is 0.240. The highest BCUT2D eigenvalue weighted by molar-refractivity contribution is 6.32. The predicted molar refractivity (Wildman–Crippen MR) is 142 cm³/mol. The van der Waals surface area contributed by atoms with Crippen LogP contribution in [0, 0.1) is 0 Å². The number of phenolic OH excluding ortho intramolecular Hbond substituents is 1. The topological polar surface area (TPSA) is 87.7 Å². The lowest BCUT2D eigenvalue weighted by molar-refractivity contribution is 0.0954. The van der Waals surface area contributed by atoms with Gasteiger partial charge in [-0.25, -0.2) is 0 Å². The number of carbonyl (C=O) groups excluding carboxylic acids is 2. The smallest absolute Gasteiger partial charge is 0.255 e. The van der Waals surface area contributed by atoms with Crippen LogP contribution in [0.3, 0.4) is 0 Å². The Bertz CT molecular complexity index is 1390. The van der Waals surface area contributed by atoms with Gasteiger partial charge in [-0.05, 0) is 66.6 Å². The highest BCUT2D eigenvalue weighted by atomic mass is 35.5. The van der Waals surface area contributed by atoms with Crippen LogP contribution in [0.5, 0.6) is 17.2 Å². The second-order valence-electron chi connectivity index (χ2n) is 7.84. The van der Waals surface area contributed by atoms with Gasteiger partial charge in [0.1, 0.15) is 17.2 Å². The van der Waals surface area contributed by atoms with Gasteiger partial charge in [-0.1, -0.05) is 59.6 Å². The van der Waals surface area contributed by atoms with Crippen molar-refractivity contribution in [2.45, 2.75) is 6.42 Å². The number of ether oxygens (including phenoxy) is 1. The Labute approximate surface area is 218 Å². The van der Waals surface area contributed by atoms with Crippen molar-refractivity contribution in [1.29, 1.82) is 0 Å². The molecule has 0 aliphatic rings. The molecule has 8 heteroatoms. The minimum absolute atomic E-state index is 0.0480. The van der Waals surface area contributed by atoms with E-state index < -0.39 is 5.91 Å². The number of para-hydroxylation sites is 1. The van der Waals surface area contributed by atoms with Crippen LogP contribution in [-0.2, 0) is 6.42 Å². The summed E-state index contributed by atoms with van der Waals surface area (Å²) in [4.78, 5) is 26.0. The van der Waals surface area contributed by atoms with E-state index in [1.807, 2.05) is 36.4 Å². The molecule has 6 nitrogen and oxygen atoms in total. The summed E-state index contributed by atoms with van der Waals surface area (Å²) >= 11 is 12.2. The van der Waals surface area contributed by atoms with Crippen molar-refractivity contribution in [3.8, 4) is 17.2 Å². The first-order valence-electron chi connectivity index (χ1n) is 11.1. The third kappa shape index (κ3) is 6.36. The van der Waals surface area contributed by atoms with Crippen molar-refractivity contribution >= 4 is 40.7 Å². The zero-order valence-electron chi connectivity index (χ0n) is 19.0. The number of hydrogen-bond acceptors (Lipinski definition) is 4. The van der Waals surface area contributed by atoms with Crippen LogP contribution >= 0.6 is 23.2 Å². The van der Waals surface area contributed by atoms with Crippen molar-refractivity contribution < 1.29 is 19.4 Å². The van der Waals surface area contributed by atoms with E-state index in [4.69, 9.17) is 27.9 Å². The molecule has 0 saturated heterocycles. The maximum atomic E-state index is 13.2. The first-order valence-corrected chi connectivity index (χ1v) is 11.8. The molecular weight excluding hydrogens is 499 g/mol. The average Bonchev–Trinajstić information content (AvgIpc) is 2.88. The number of amides is 2. The molecule has 0 aliphatic carbocycles. The standard InChI is InChI=1S/C28H22Cl2N2O4/c29-23-9-5-4-6-18(23)14-15-31-28(35)22-17-21(36-20-7-2-1-3-8-20)11-12-25(22)32-27(34)19-10-13-26(33)24(30)16-19/h1-13,16-17,33H,14-15H2,(H,31,35)(H,32,34). The van der Waals surface area contributed by atoms with Crippen LogP contribution in [0.2, 0.25) is 10.0 Å². The van der Waals surface area contributed by atoms with E-state index in [1.54, 1.807) is 36.4 Å². The largest absolute Gasteiger partial charge is 0.506 e. The number of halogens is 2. The van der Waals surface area contributed by atoms with Crippen molar-refractivity contribution in [2.75, 3.05) is 11.9 Å². The van der Waals surface area contributed by atoms with Gasteiger partial charge in [0.25, 0.3) is 11.8 Å². The fourth-order valence-electron chi connectivity index (χ4n) is 3.46. The molecule has 4 aromatic carbocycles. The van der Waals surface area contributed by atoms with Crippen LogP contribution in [0.1, 0.15) is 26.3 Å². The molecule has 0 aromatic heterocycles. The molecule has 0 saturated carbocycles. The molecule has 0 aliphatic heterocycles. The Morgan fingerprint density at radius 3 is 2.28 bits per heavy atom. The maximum Gasteiger partial charge on any atom is 0.255 e. The molecule has 4 rings (SSSR count). The van der Waals surface area contributed by atoms with E-state index in [-0.39, 0.29) is 27.8 Å². The molecule has 3 N–H and O–H groups in total. The number of phenols is 1. The average molecular weight is 521 g/mol. The van der Waals surface area contributed by atoms with Gasteiger partial charge >= 0.3 is 0 Å². The predicted octanol–water partition coefficient (Wildman–Crippen LogP) is 6.72. The number of anilines is 1. The van der Waals surface area contributed by atoms with Crippen LogP contribution in [0.25, 0.3) is 0 Å². The summed E-state index contributed by atoms with van der Waals surface area (Å²) in [5.41, 5.74) is 1.66. The number of benzene rings is 4. The molecule has 0 heterocycles. The van der Waals surface area contributed by atoms with Gasteiger partial charge in [0, 0.05) is 17.1 Å². The molecule has 0 unspecified atom stereocenters. The molecule has 36 heavy (non-hydrogen) atoms. The van der Waals surface area contributed by atoms with E-state index >= 15 is 0 Å². The highest BCUT2D eigenvalue weighted by Crippen LogP contribution is 2.28. The van der Waals surface area contributed by atoms with Crippen molar-refractivity contribution in [1.82, 2.24) is 5.32 Å². The van der Waals surface area contributed by atoms with E-state index in [2.05, 4.69) is 10.6 Å². The number of nitrogens with one attached hydrogen (secondary N) is 2. The second-order valence-corrected chi connectivity index (χ2v) is 8.65. The van der Waals surface area contributed by atoms with Gasteiger partial charge in [0.2, 0.25) is 0 Å². The first-order chi connectivity index (χ1) is 17.4. The normalized spacial score (nSPS) is 10.5. The van der Waals surface area contributed by atoms with Gasteiger partial charge in [-0.15, -0.1) is 0 Å². The summed E-state index contributed by atoms with van der Waals surface area (Å²) in [6.45, 7) is 0.341. The molecule has 182 valence electrons. The third-order valence-corrected chi connectivity index (χ3v) is 5.98. The van der Waals surface area contributed by atoms with Crippen LogP contribution < -0.4 is 15.4 Å². The van der Waals surface area contributed by atoms with E-state index in [1.165, 1.54) is 18.2 Å². The lowest BCUT2D eigenvalue weighted by Gasteiger charge is -2.14. The molecule has 0 radical (unpaired) electrons. The minimum Gasteiger partial charge on any atom is -0.506 e. The zero-order chi connectivity index (χ0) is 25.5. The highest BCUT2D eigenvalue weighted by Gasteiger charge is 2.17. The van der Waals surface area contributed by atoms with Gasteiger partial charge in [-0.3, -0.25) is 9.59 Å². The van der Waals surface area contributed by atoms with Gasteiger partial charge < -0.3 is 20.5 Å². The molecule has 2 amide bonds. The Morgan fingerprint density at radius 2 is 1.53 bits per heavy atom. The number of carbonyl (C=O) groups is 2. The third-order valence-electron chi connectivity index (χ3n) is 5.31. The lowest BCUT2D eigenvalue weighted by atomic mass is 10.1. The number of aromatic hydroxyl groups is 1. The molecule has 0 spiro atoms. The second kappa shape index (κ2) is 11.6. The number of rotatable bonds is 8. The Balaban J connectivity index is 1.56. The Hall–Kier alpha value is -4.00. The van der Waals surface area contributed by atoms with Crippen LogP contribution in [0.4, 0.5) is 5.69 Å². The zero-order valence-corrected chi connectivity index (χ0v) is 20.5. The van der Waals surface area contributed by atoms with Crippen LogP contribution in [-0.4, -0.2) is 23.5 Å². The lowest BCUT2D eigenvalue weighted by Crippen LogP contribution is -2.27. The summed E-state index contributed by atoms with van der Waals surface area (Å²) < 4.78 is 5.88. The summed E-state index contributed by atoms with van der Waals surface area (Å²) in [5, 5.41) is 15.9. The summed E-state index contributed by atoms with van der Waals surface area (Å²) in [6, 6.07) is 25.5. The van der Waals surface area contributed by atoms with Crippen LogP contribution in [0.15, 0.2) is 91.0 Å². The Morgan fingerprint density at radius 1 is 0.778 bits per heavy atom. The van der Waals surface area contributed by atoms with Crippen molar-refractivity contribution in [2.24, 2.45) is 0 Å². The van der Waals surface area contributed by atoms with E-state index in [0.717, 1.165) is 5.56 Å². The molecular formula is C28H22Cl2N2O4. The summed E-state index contributed by atoms with van der Waals surface area (Å²) in [7, 11) is 0. The summed E-state index contributed by atoms with van der Waals surface area (Å²) in [5.74, 6) is 0.0359. The van der Waals surface area contributed by atoms with Gasteiger partial charge in [0.15, 0.2) is 0 Å². The van der Waals surface area contributed by atoms with Gasteiger partial charge in [-0.2, -0.15) is 0 Å². The maximum absolute atomic E-state index is 13.2. The number of hydrogen-bond donors (Lipinski definition) is 3. The Kier molecular flexibility index (Phi) is 8.10. The van der Waals surface area contributed by atoms with Gasteiger partial charge in [0.05, 0.1) is 16.3 Å². The fourth-order valence-corrected chi connectivity index (χ4v) is 3.87. The van der Waals surface area contributed by atoms with Crippen molar-refractivity contribution in [3.63, 3.8) is 0 Å². The molecule has 4 aromatic rings. The molecule has 0 atom stereocenters. The van der Waals surface area contributed by atoms with Crippen molar-refractivity contribution in [3.05, 3.63) is 118 Å². The van der Waals surface area contributed by atoms with E-state index in [0.29, 0.717) is 35.2 Å². The molecule has 0 bridgehead atoms. The minimum atomic E-state index is -0.487. The molecule has 0 fully saturated rings.